The van der Waals surface area contributed by atoms with Gasteiger partial charge in [-0.1, -0.05) is 42.0 Å². The Hall–Kier alpha value is -1.08. The zero-order chi connectivity index (χ0) is 11.7. The second-order valence-electron chi connectivity index (χ2n) is 5.68. The molecule has 17 heavy (non-hydrogen) atoms. The fraction of sp³-hybridized carbons (Fsp3) is 0.500. The van der Waals surface area contributed by atoms with E-state index < -0.39 is 0 Å². The monoisotopic (exact) mass is 227 g/mol. The van der Waals surface area contributed by atoms with Crippen LogP contribution in [0.1, 0.15) is 36.8 Å². The first-order valence-corrected chi connectivity index (χ1v) is 6.74. The van der Waals surface area contributed by atoms with Crippen LogP contribution in [0, 0.1) is 6.92 Å². The van der Waals surface area contributed by atoms with Crippen LogP contribution in [0.2, 0.25) is 0 Å². The third-order valence-corrected chi connectivity index (χ3v) is 4.15. The van der Waals surface area contributed by atoms with E-state index in [1.54, 1.807) is 0 Å². The molecule has 1 nitrogen and oxygen atoms in total. The number of hydrogen-bond donors (Lipinski definition) is 1. The lowest BCUT2D eigenvalue weighted by Crippen LogP contribution is -2.37. The van der Waals surface area contributed by atoms with Crippen LogP contribution >= 0.6 is 0 Å². The third kappa shape index (κ3) is 2.30. The summed E-state index contributed by atoms with van der Waals surface area (Å²) in [7, 11) is 0. The van der Waals surface area contributed by atoms with Crippen molar-refractivity contribution in [3.63, 3.8) is 0 Å². The number of benzene rings is 1. The van der Waals surface area contributed by atoms with Crippen molar-refractivity contribution < 1.29 is 0 Å². The predicted molar refractivity (Wildman–Crippen MR) is 72.3 cm³/mol. The highest BCUT2D eigenvalue weighted by molar-refractivity contribution is 5.33. The molecule has 1 N–H and O–H groups in total. The van der Waals surface area contributed by atoms with E-state index in [4.69, 9.17) is 0 Å². The zero-order valence-corrected chi connectivity index (χ0v) is 10.6. The SMILES string of the molecule is Cc1ccc(C2(CNC3CC3)CC=CC2)cc1. The Morgan fingerprint density at radius 3 is 2.35 bits per heavy atom. The highest BCUT2D eigenvalue weighted by Gasteiger charge is 2.34. The molecule has 0 spiro atoms. The summed E-state index contributed by atoms with van der Waals surface area (Å²) in [5.41, 5.74) is 3.18. The van der Waals surface area contributed by atoms with Crippen LogP contribution in [0.25, 0.3) is 0 Å². The normalized spacial score (nSPS) is 21.9. The summed E-state index contributed by atoms with van der Waals surface area (Å²) in [6, 6.07) is 9.92. The Labute approximate surface area is 104 Å². The second kappa shape index (κ2) is 4.30. The Kier molecular flexibility index (Phi) is 2.79. The lowest BCUT2D eigenvalue weighted by atomic mass is 9.78. The van der Waals surface area contributed by atoms with E-state index in [9.17, 15) is 0 Å². The number of rotatable bonds is 4. The fourth-order valence-corrected chi connectivity index (χ4v) is 2.72. The van der Waals surface area contributed by atoms with Crippen LogP contribution in [-0.2, 0) is 5.41 Å². The van der Waals surface area contributed by atoms with Crippen molar-refractivity contribution in [2.45, 2.75) is 44.1 Å². The van der Waals surface area contributed by atoms with Gasteiger partial charge in [-0.05, 0) is 38.2 Å². The molecule has 1 fully saturated rings. The molecule has 0 saturated heterocycles. The van der Waals surface area contributed by atoms with Gasteiger partial charge in [0, 0.05) is 18.0 Å². The summed E-state index contributed by atoms with van der Waals surface area (Å²) in [4.78, 5) is 0. The lowest BCUT2D eigenvalue weighted by Gasteiger charge is -2.30. The number of aryl methyl sites for hydroxylation is 1. The lowest BCUT2D eigenvalue weighted by molar-refractivity contribution is 0.417. The average molecular weight is 227 g/mol. The molecule has 0 bridgehead atoms. The molecule has 0 atom stereocenters. The topological polar surface area (TPSA) is 12.0 Å². The molecular weight excluding hydrogens is 206 g/mol. The van der Waals surface area contributed by atoms with Crippen LogP contribution in [0.15, 0.2) is 36.4 Å². The maximum absolute atomic E-state index is 3.71. The first-order valence-electron chi connectivity index (χ1n) is 6.74. The smallest absolute Gasteiger partial charge is 0.0147 e. The van der Waals surface area contributed by atoms with Gasteiger partial charge in [0.05, 0.1) is 0 Å². The van der Waals surface area contributed by atoms with Gasteiger partial charge < -0.3 is 5.32 Å². The van der Waals surface area contributed by atoms with Crippen LogP contribution in [0.4, 0.5) is 0 Å². The van der Waals surface area contributed by atoms with Crippen molar-refractivity contribution in [1.29, 1.82) is 0 Å². The summed E-state index contributed by atoms with van der Waals surface area (Å²) < 4.78 is 0. The summed E-state index contributed by atoms with van der Waals surface area (Å²) in [6.07, 6.45) is 9.81. The van der Waals surface area contributed by atoms with Crippen molar-refractivity contribution >= 4 is 0 Å². The van der Waals surface area contributed by atoms with Crippen LogP contribution in [-0.4, -0.2) is 12.6 Å². The van der Waals surface area contributed by atoms with E-state index in [2.05, 4.69) is 48.7 Å². The summed E-state index contributed by atoms with van der Waals surface area (Å²) in [5.74, 6) is 0. The van der Waals surface area contributed by atoms with E-state index in [-0.39, 0.29) is 0 Å². The van der Waals surface area contributed by atoms with E-state index in [0.29, 0.717) is 5.41 Å². The van der Waals surface area contributed by atoms with Gasteiger partial charge in [-0.2, -0.15) is 0 Å². The van der Waals surface area contributed by atoms with Gasteiger partial charge >= 0.3 is 0 Å². The van der Waals surface area contributed by atoms with Crippen molar-refractivity contribution in [3.8, 4) is 0 Å². The van der Waals surface area contributed by atoms with Crippen molar-refractivity contribution in [2.24, 2.45) is 0 Å². The van der Waals surface area contributed by atoms with Crippen LogP contribution < -0.4 is 5.32 Å². The van der Waals surface area contributed by atoms with Gasteiger partial charge in [0.15, 0.2) is 0 Å². The molecule has 0 radical (unpaired) electrons. The van der Waals surface area contributed by atoms with Gasteiger partial charge in [0.1, 0.15) is 0 Å². The first-order chi connectivity index (χ1) is 8.28. The highest BCUT2D eigenvalue weighted by atomic mass is 15.0. The molecule has 1 aromatic rings. The number of hydrogen-bond acceptors (Lipinski definition) is 1. The molecule has 0 unspecified atom stereocenters. The fourth-order valence-electron chi connectivity index (χ4n) is 2.72. The summed E-state index contributed by atoms with van der Waals surface area (Å²) >= 11 is 0. The van der Waals surface area contributed by atoms with E-state index in [1.807, 2.05) is 0 Å². The maximum atomic E-state index is 3.71. The van der Waals surface area contributed by atoms with Crippen molar-refractivity contribution in [3.05, 3.63) is 47.5 Å². The van der Waals surface area contributed by atoms with Crippen molar-refractivity contribution in [2.75, 3.05) is 6.54 Å². The molecule has 3 rings (SSSR count). The largest absolute Gasteiger partial charge is 0.313 e. The van der Waals surface area contributed by atoms with Gasteiger partial charge in [0.25, 0.3) is 0 Å². The highest BCUT2D eigenvalue weighted by Crippen LogP contribution is 2.37. The third-order valence-electron chi connectivity index (χ3n) is 4.15. The molecule has 0 heterocycles. The Morgan fingerprint density at radius 2 is 1.76 bits per heavy atom. The predicted octanol–water partition coefficient (Wildman–Crippen LogP) is 3.33. The van der Waals surface area contributed by atoms with Gasteiger partial charge in [-0.25, -0.2) is 0 Å². The average Bonchev–Trinajstić information content (AvgIpc) is 3.06. The van der Waals surface area contributed by atoms with E-state index >= 15 is 0 Å². The maximum Gasteiger partial charge on any atom is 0.0147 e. The minimum Gasteiger partial charge on any atom is -0.313 e. The van der Waals surface area contributed by atoms with Crippen LogP contribution in [0.3, 0.4) is 0 Å². The Bertz CT molecular complexity index is 404. The van der Waals surface area contributed by atoms with E-state index in [0.717, 1.165) is 12.6 Å². The van der Waals surface area contributed by atoms with Gasteiger partial charge in [0.2, 0.25) is 0 Å². The quantitative estimate of drug-likeness (QED) is 0.778. The zero-order valence-electron chi connectivity index (χ0n) is 10.6. The minimum atomic E-state index is 0.330. The first kappa shape index (κ1) is 11.0. The van der Waals surface area contributed by atoms with E-state index in [1.165, 1.54) is 36.8 Å². The standard InChI is InChI=1S/C16H21N/c1-13-4-6-14(7-5-13)16(10-2-3-11-16)12-17-15-8-9-15/h2-7,15,17H,8-12H2,1H3. The van der Waals surface area contributed by atoms with Gasteiger partial charge in [-0.3, -0.25) is 0 Å². The molecule has 0 amide bonds. The van der Waals surface area contributed by atoms with Gasteiger partial charge in [-0.15, -0.1) is 0 Å². The molecule has 2 aliphatic carbocycles. The molecule has 1 saturated carbocycles. The molecular formula is C16H21N. The summed E-state index contributed by atoms with van der Waals surface area (Å²) in [5, 5.41) is 3.71. The molecule has 2 aliphatic rings. The molecule has 1 heteroatoms. The second-order valence-corrected chi connectivity index (χ2v) is 5.68. The Morgan fingerprint density at radius 1 is 1.12 bits per heavy atom. The molecule has 1 aromatic carbocycles. The van der Waals surface area contributed by atoms with Crippen LogP contribution in [0.5, 0.6) is 0 Å². The summed E-state index contributed by atoms with van der Waals surface area (Å²) in [6.45, 7) is 3.29. The minimum absolute atomic E-state index is 0.330. The molecule has 0 aromatic heterocycles. The number of nitrogens with one attached hydrogen (secondary N) is 1. The number of allylic oxidation sites excluding steroid dienone is 2. The molecule has 0 aliphatic heterocycles. The molecule has 90 valence electrons. The Balaban J connectivity index is 1.79. The van der Waals surface area contributed by atoms with Crippen molar-refractivity contribution in [1.82, 2.24) is 5.32 Å².